The molecular formula is C87H193N17O25P2. The Balaban J connectivity index is -0.000000152. The number of carbonyl (C=O) groups excluding carboxylic acids is 7. The van der Waals surface area contributed by atoms with Gasteiger partial charge in [-0.15, -0.1) is 0 Å². The van der Waals surface area contributed by atoms with Crippen molar-refractivity contribution in [2.75, 3.05) is 86.6 Å². The smallest absolute Gasteiger partial charge is 0.472 e. The van der Waals surface area contributed by atoms with Crippen molar-refractivity contribution < 1.29 is 120 Å². The highest BCUT2D eigenvalue weighted by Crippen LogP contribution is 2.43. The summed E-state index contributed by atoms with van der Waals surface area (Å²) in [5, 5.41) is 75.1. The molecule has 2 fully saturated rings. The number of aromatic nitrogens is 2. The quantitative estimate of drug-likeness (QED) is 0.0309. The van der Waals surface area contributed by atoms with Gasteiger partial charge in [-0.2, -0.15) is 0 Å². The van der Waals surface area contributed by atoms with Crippen LogP contribution < -0.4 is 76.9 Å². The Bertz CT molecular complexity index is 2920. The zero-order valence-corrected chi connectivity index (χ0v) is 88.0. The number of nitrogens with zero attached hydrogens (tertiary/aromatic N) is 2. The summed E-state index contributed by atoms with van der Waals surface area (Å²) in [5.74, 6) is -1.97. The molecule has 2 aliphatic heterocycles. The molecule has 1 aromatic rings. The van der Waals surface area contributed by atoms with Crippen LogP contribution in [0.5, 0.6) is 0 Å². The standard InChI is InChI=1S/C10H20O5.C9H16N4O.C9H21N3O.C8H17N.C7H14N2O3.C7H15NO.C6H14N2O2.C6H14N2O.C6H15NO.C6H13NO.C5H12O2.C4H11O4P.C4H11O3P/c1-5(2)14-10-9(13)8(12)6(3)7(4-11)15-10;1-6(2)13-9(14)8(10)3-7-4-11-5-12-7;1-7(2)12-9(13)8(11)5-3-4-6-10;1-8(2)9-6-4-3-5-7-9;1-4(2)9-7(12)5(8)3-6(10)11;1-4-5-7(9)8-6(2)3;1-4(2)8-6(10)5(7)3-9;1-5(2)8-6(9)4-7-3;1-6(2)8-5-3-4-7;1-4-6(8)7-5(2)3;1-5(2)7-4-3-6;1-4(2)8-9(5,6)7-3;1-4(2)7-8(3,5)6/h5-13H,4H2,1-3H3;4-6,8H,3,10H2,1-2H3,(H,11,12)(H,13,14);7-8H,3-6,10-11H2,1-2H3,(H,12,13);8H,3-7H2,1-2H3;4-5H,3,8H2,1-2H3,(H,9,12)(H,10,11);6H,4-5H2,1-3H3,(H,8,9);4-5,9H,3,7H2,1-2H3,(H,8,10);5,7H,4H2,1-3H3,(H,8,9);6H,3-5,7H2,1-2H3;5H,4H2,1-3H3,(H,7,8);5-6H,3-4H2,1-2H3;4H,1-3H3,(H,5,6);4H,1-3H3,(H,5,6)/t6-,7-,8+,9-,10-;2*8-;;5-;;5-;;;;;;/m100.0.0....../s1. The minimum atomic E-state index is -3.73. The van der Waals surface area contributed by atoms with E-state index in [0.29, 0.717) is 45.1 Å². The molecule has 1 aromatic heterocycles. The summed E-state index contributed by atoms with van der Waals surface area (Å²) in [6, 6.07) is -0.729. The number of aliphatic carboxylic acids is 1. The van der Waals surface area contributed by atoms with Gasteiger partial charge in [-0.25, -0.2) is 9.55 Å². The van der Waals surface area contributed by atoms with Crippen molar-refractivity contribution in [3.05, 3.63) is 18.2 Å². The Morgan fingerprint density at radius 1 is 0.557 bits per heavy atom. The lowest BCUT2D eigenvalue weighted by Gasteiger charge is -2.41. The molecule has 0 saturated carbocycles. The number of carbonyl (C=O) groups is 8. The summed E-state index contributed by atoms with van der Waals surface area (Å²) in [6.07, 6.45) is 10.0. The van der Waals surface area contributed by atoms with E-state index in [-0.39, 0.29) is 140 Å². The molecule has 2 saturated heterocycles. The molecule has 7 amide bonds. The maximum Gasteiger partial charge on any atom is 0.472 e. The highest BCUT2D eigenvalue weighted by Gasteiger charge is 2.43. The zero-order valence-electron chi connectivity index (χ0n) is 86.2. The fraction of sp³-hybridized carbons (Fsp3) is 0.874. The number of imidazole rings is 1. The van der Waals surface area contributed by atoms with Gasteiger partial charge in [-0.3, -0.25) is 52.0 Å². The maximum absolute atomic E-state index is 11.4. The van der Waals surface area contributed by atoms with Crippen molar-refractivity contribution in [2.45, 2.75) is 405 Å². The predicted octanol–water partition coefficient (Wildman–Crippen LogP) is 4.79. The van der Waals surface area contributed by atoms with Gasteiger partial charge in [-0.1, -0.05) is 33.6 Å². The van der Waals surface area contributed by atoms with Crippen molar-refractivity contribution >= 4 is 62.7 Å². The number of hydrogen-bond donors (Lipinski definition) is 23. The Morgan fingerprint density at radius 3 is 1.27 bits per heavy atom. The Hall–Kier alpha value is -5.45. The molecule has 0 aromatic carbocycles. The third-order valence-electron chi connectivity index (χ3n) is 15.2. The number of carboxylic acids is 1. The SMILES string of the molecule is CC(C)N1CCCCC1.CC(C)NC(=O)[C@@H](N)CC(=O)O.CC(C)NC(=O)[C@@H](N)CCCCN.CC(C)NC(=O)[C@@H](N)CO.CC(C)NC(=O)[C@@H](N)Cc1cnc[nH]1.CC(C)OCCCN.CC(C)OCCO.CC(C)OP(C)(=O)O.CC(C)O[C@@H]1O[C@H](CO)[C@@H](C)[C@H](O)[C@H]1O.CCC(=O)NC(C)C.CCCC(=O)NC(C)C.CNCC(=O)NC(C)C.COP(=O)(O)OC(C)C. The minimum Gasteiger partial charge on any atom is -0.481 e. The number of nitrogens with one attached hydrogen (secondary N) is 9. The summed E-state index contributed by atoms with van der Waals surface area (Å²) >= 11 is 0. The normalized spacial score (nSPS) is 16.7. The second kappa shape index (κ2) is 92.3. The van der Waals surface area contributed by atoms with Crippen LogP contribution in [0, 0.1) is 5.92 Å². The number of likely N-dealkylation sites (tertiary alicyclic amines) is 1. The van der Waals surface area contributed by atoms with Crippen LogP contribution in [0.3, 0.4) is 0 Å². The van der Waals surface area contributed by atoms with E-state index < -0.39 is 70.0 Å². The van der Waals surface area contributed by atoms with E-state index in [1.165, 1.54) is 39.0 Å². The monoisotopic (exact) mass is 1940 g/mol. The first-order chi connectivity index (χ1) is 60.4. The number of unbranched alkanes of at least 4 members (excludes halogenated alkanes) is 1. The molecule has 0 spiro atoms. The number of hydrogen-bond acceptors (Lipinski definition) is 31. The summed E-state index contributed by atoms with van der Waals surface area (Å²) in [5.41, 5.74) is 33.3. The van der Waals surface area contributed by atoms with Crippen LogP contribution >= 0.6 is 15.4 Å². The number of phosphoric ester groups is 1. The number of nitrogens with two attached hydrogens (primary N) is 6. The third kappa shape index (κ3) is 113. The van der Waals surface area contributed by atoms with Gasteiger partial charge in [0, 0.05) is 106 Å². The molecular weight excluding hydrogens is 1740 g/mol. The van der Waals surface area contributed by atoms with Gasteiger partial charge in [0.2, 0.25) is 41.4 Å². The van der Waals surface area contributed by atoms with Crippen molar-refractivity contribution in [3.8, 4) is 0 Å². The third-order valence-corrected chi connectivity index (χ3v) is 17.2. The number of rotatable bonds is 41. The van der Waals surface area contributed by atoms with Crippen molar-refractivity contribution in [3.63, 3.8) is 0 Å². The molecule has 0 bridgehead atoms. The van der Waals surface area contributed by atoms with Crippen LogP contribution in [0.15, 0.2) is 12.5 Å². The molecule has 131 heavy (non-hydrogen) atoms. The van der Waals surface area contributed by atoms with Gasteiger partial charge < -0.3 is 151 Å². The minimum absolute atomic E-state index is 0.0163. The van der Waals surface area contributed by atoms with Crippen LogP contribution in [0.4, 0.5) is 0 Å². The molecule has 3 heterocycles. The second-order valence-electron chi connectivity index (χ2n) is 34.1. The Kier molecular flexibility index (Phi) is 103. The number of aliphatic hydroxyl groups excluding tert-OH is 5. The van der Waals surface area contributed by atoms with Crippen LogP contribution in [0.1, 0.15) is 277 Å². The Morgan fingerprint density at radius 2 is 0.977 bits per heavy atom. The highest BCUT2D eigenvalue weighted by atomic mass is 31.2. The summed E-state index contributed by atoms with van der Waals surface area (Å²) in [6.45, 7) is 61.5. The van der Waals surface area contributed by atoms with Gasteiger partial charge in [0.05, 0.1) is 107 Å². The average molecular weight is 1940 g/mol. The first kappa shape index (κ1) is 146. The molecule has 11 atom stereocenters. The second-order valence-corrected chi connectivity index (χ2v) is 37.5. The van der Waals surface area contributed by atoms with Gasteiger partial charge in [0.15, 0.2) is 6.29 Å². The zero-order chi connectivity index (χ0) is 104. The van der Waals surface area contributed by atoms with E-state index in [4.69, 9.17) is 83.6 Å². The maximum atomic E-state index is 11.4. The number of amides is 7. The van der Waals surface area contributed by atoms with Crippen LogP contribution in [-0.2, 0) is 86.4 Å². The van der Waals surface area contributed by atoms with Gasteiger partial charge in [0.1, 0.15) is 12.1 Å². The molecule has 3 rings (SSSR count). The summed E-state index contributed by atoms with van der Waals surface area (Å²) in [7, 11) is -4.07. The summed E-state index contributed by atoms with van der Waals surface area (Å²) in [4.78, 5) is 113. The van der Waals surface area contributed by atoms with Gasteiger partial charge in [0.25, 0.3) is 0 Å². The van der Waals surface area contributed by atoms with Crippen molar-refractivity contribution in [1.82, 2.24) is 57.4 Å². The number of piperidine rings is 1. The predicted molar refractivity (Wildman–Crippen MR) is 520 cm³/mol. The van der Waals surface area contributed by atoms with E-state index in [9.17, 15) is 57.7 Å². The van der Waals surface area contributed by atoms with E-state index >= 15 is 0 Å². The average Bonchev–Trinajstić information content (AvgIpc) is 1.06. The molecule has 2 aliphatic rings. The molecule has 2 unspecified atom stereocenters. The van der Waals surface area contributed by atoms with Crippen LogP contribution in [0.25, 0.3) is 0 Å². The lowest BCUT2D eigenvalue weighted by Crippen LogP contribution is -2.55. The number of aromatic amines is 1. The molecule has 0 aliphatic carbocycles. The number of aliphatic hydroxyl groups is 5. The van der Waals surface area contributed by atoms with E-state index in [2.05, 4.69) is 84.8 Å². The Labute approximate surface area is 787 Å². The van der Waals surface area contributed by atoms with E-state index in [0.717, 1.165) is 64.1 Å². The topological polar surface area (TPSA) is 681 Å². The van der Waals surface area contributed by atoms with Crippen LogP contribution in [0.2, 0.25) is 0 Å². The molecule has 44 heteroatoms. The number of ether oxygens (including phenoxy) is 4. The fourth-order valence-corrected chi connectivity index (χ4v) is 10.8. The highest BCUT2D eigenvalue weighted by molar-refractivity contribution is 7.51. The molecule has 786 valence electrons. The van der Waals surface area contributed by atoms with Crippen molar-refractivity contribution in [1.29, 1.82) is 0 Å². The lowest BCUT2D eigenvalue weighted by molar-refractivity contribution is -0.296. The molecule has 42 nitrogen and oxygen atoms in total. The number of H-pyrrole nitrogens is 1. The first-order valence-electron chi connectivity index (χ1n) is 45.8. The lowest BCUT2D eigenvalue weighted by atomic mass is 9.91. The van der Waals surface area contributed by atoms with Gasteiger partial charge >= 0.3 is 21.4 Å². The summed E-state index contributed by atoms with van der Waals surface area (Å²) < 4.78 is 54.8. The molecule has 29 N–H and O–H groups in total. The number of likely N-dealkylation sites (N-methyl/N-ethyl adjacent to an activating group) is 1. The largest absolute Gasteiger partial charge is 0.481 e. The van der Waals surface area contributed by atoms with E-state index in [1.807, 2.05) is 138 Å². The van der Waals surface area contributed by atoms with Gasteiger partial charge in [-0.05, 0) is 252 Å². The fourth-order valence-electron chi connectivity index (χ4n) is 9.36. The number of phosphoric acid groups is 1. The van der Waals surface area contributed by atoms with Crippen molar-refractivity contribution in [2.24, 2.45) is 40.3 Å². The molecule has 0 radical (unpaired) electrons. The van der Waals surface area contributed by atoms with Crippen LogP contribution in [-0.4, -0.2) is 317 Å². The van der Waals surface area contributed by atoms with E-state index in [1.54, 1.807) is 68.0 Å². The first-order valence-corrected chi connectivity index (χ1v) is 49.3. The number of carboxylic acid groups (broad SMARTS) is 1.